The largest absolute Gasteiger partial charge is 0.497 e. The van der Waals surface area contributed by atoms with Crippen molar-refractivity contribution in [2.45, 2.75) is 12.1 Å². The average Bonchev–Trinajstić information content (AvgIpc) is 3.67. The highest BCUT2D eigenvalue weighted by Crippen LogP contribution is 2.43. The lowest BCUT2D eigenvalue weighted by molar-refractivity contribution is 0.0696. The van der Waals surface area contributed by atoms with Crippen LogP contribution in [0, 0.1) is 0 Å². The first-order valence-corrected chi connectivity index (χ1v) is 13.9. The van der Waals surface area contributed by atoms with Gasteiger partial charge in [0.05, 0.1) is 30.0 Å². The molecule has 1 fully saturated rings. The molecule has 1 aliphatic rings. The molecule has 3 N–H and O–H groups in total. The molecular weight excluding hydrogens is 582 g/mol. The molecule has 1 saturated heterocycles. The van der Waals surface area contributed by atoms with E-state index in [0.717, 1.165) is 23.2 Å². The zero-order chi connectivity index (χ0) is 30.8. The fraction of sp³-hybridized carbons (Fsp3) is 0.0909. The number of pyridine rings is 1. The summed E-state index contributed by atoms with van der Waals surface area (Å²) in [5.41, 5.74) is 1.51. The summed E-state index contributed by atoms with van der Waals surface area (Å²) in [7, 11) is 1.60. The second-order valence-corrected chi connectivity index (χ2v) is 10.3. The second-order valence-electron chi connectivity index (χ2n) is 9.88. The van der Waals surface area contributed by atoms with E-state index >= 15 is 0 Å². The van der Waals surface area contributed by atoms with Crippen molar-refractivity contribution in [1.29, 1.82) is 0 Å². The van der Waals surface area contributed by atoms with Crippen LogP contribution in [0.2, 0.25) is 0 Å². The third-order valence-corrected chi connectivity index (χ3v) is 7.45. The minimum absolute atomic E-state index is 0.161. The number of aromatic carboxylic acids is 2. The number of ether oxygens (including phenoxy) is 2. The molecule has 0 saturated carbocycles. The number of thiocarbonyl (C=S) groups is 1. The van der Waals surface area contributed by atoms with Crippen LogP contribution in [0.5, 0.6) is 17.2 Å². The van der Waals surface area contributed by atoms with Crippen LogP contribution in [0.15, 0.2) is 108 Å². The van der Waals surface area contributed by atoms with Gasteiger partial charge in [-0.1, -0.05) is 6.07 Å². The Morgan fingerprint density at radius 2 is 1.50 bits per heavy atom. The quantitative estimate of drug-likeness (QED) is 0.154. The Kier molecular flexibility index (Phi) is 7.69. The van der Waals surface area contributed by atoms with Crippen molar-refractivity contribution >= 4 is 35.0 Å². The molecule has 5 aromatic rings. The lowest BCUT2D eigenvalue weighted by atomic mass is 10.0. The topological polar surface area (TPSA) is 134 Å². The van der Waals surface area contributed by atoms with E-state index < -0.39 is 24.0 Å². The molecule has 2 aromatic heterocycles. The smallest absolute Gasteiger partial charge is 0.335 e. The van der Waals surface area contributed by atoms with Crippen LogP contribution < -0.4 is 19.7 Å². The third kappa shape index (κ3) is 5.68. The van der Waals surface area contributed by atoms with Crippen LogP contribution in [0.3, 0.4) is 0 Å². The van der Waals surface area contributed by atoms with Crippen LogP contribution >= 0.6 is 12.2 Å². The Bertz CT molecular complexity index is 1810. The second kappa shape index (κ2) is 11.9. The highest BCUT2D eigenvalue weighted by molar-refractivity contribution is 7.80. The predicted molar refractivity (Wildman–Crippen MR) is 166 cm³/mol. The first kappa shape index (κ1) is 28.4. The lowest BCUT2D eigenvalue weighted by Crippen LogP contribution is -2.29. The molecule has 0 spiro atoms. The monoisotopic (exact) mass is 607 g/mol. The van der Waals surface area contributed by atoms with Crippen molar-refractivity contribution in [3.05, 3.63) is 126 Å². The van der Waals surface area contributed by atoms with Gasteiger partial charge in [-0.15, -0.1) is 0 Å². The Balaban J connectivity index is 1.36. The standard InChI is InChI=1S/C33H25N3O7S/c1-41-23-9-11-25(12-10-23)42-24-7-5-22(6-8-24)36-30(29(35-33(36)44)26-4-2-3-15-34-26)28-14-13-27(43-28)19-16-20(31(37)38)18-21(17-19)32(39)40/h2-18,29-30H,1H3,(H,35,44)(H,37,38)(H,39,40)/t29-,30+/m0/s1. The summed E-state index contributed by atoms with van der Waals surface area (Å²) in [4.78, 5) is 29.8. The van der Waals surface area contributed by atoms with Gasteiger partial charge >= 0.3 is 11.9 Å². The van der Waals surface area contributed by atoms with E-state index in [1.807, 2.05) is 71.6 Å². The van der Waals surface area contributed by atoms with Gasteiger partial charge in [0.2, 0.25) is 0 Å². The van der Waals surface area contributed by atoms with Crippen molar-refractivity contribution in [2.75, 3.05) is 12.0 Å². The zero-order valence-corrected chi connectivity index (χ0v) is 24.0. The van der Waals surface area contributed by atoms with E-state index in [0.29, 0.717) is 33.7 Å². The van der Waals surface area contributed by atoms with E-state index in [1.165, 1.54) is 12.1 Å². The van der Waals surface area contributed by atoms with Crippen LogP contribution in [0.25, 0.3) is 11.3 Å². The minimum Gasteiger partial charge on any atom is -0.497 e. The fourth-order valence-corrected chi connectivity index (χ4v) is 5.41. The number of nitrogens with one attached hydrogen (secondary N) is 1. The number of rotatable bonds is 9. The van der Waals surface area contributed by atoms with Gasteiger partial charge in [0.25, 0.3) is 0 Å². The summed E-state index contributed by atoms with van der Waals surface area (Å²) in [5, 5.41) is 22.9. The molecule has 220 valence electrons. The van der Waals surface area contributed by atoms with Gasteiger partial charge in [-0.3, -0.25) is 4.98 Å². The Morgan fingerprint density at radius 1 is 0.864 bits per heavy atom. The van der Waals surface area contributed by atoms with E-state index in [-0.39, 0.29) is 11.1 Å². The average molecular weight is 608 g/mol. The first-order valence-electron chi connectivity index (χ1n) is 13.4. The molecule has 3 heterocycles. The van der Waals surface area contributed by atoms with E-state index in [2.05, 4.69) is 10.3 Å². The van der Waals surface area contributed by atoms with Gasteiger partial charge in [-0.05, 0) is 103 Å². The summed E-state index contributed by atoms with van der Waals surface area (Å²) in [5.74, 6) is 0.355. The van der Waals surface area contributed by atoms with Crippen molar-refractivity contribution in [2.24, 2.45) is 0 Å². The maximum absolute atomic E-state index is 11.7. The predicted octanol–water partition coefficient (Wildman–Crippen LogP) is 6.72. The SMILES string of the molecule is COc1ccc(Oc2ccc(N3C(=S)N[C@@H](c4ccccn4)[C@H]3c3ccc(-c4cc(C(=O)O)cc(C(=O)O)c4)o3)cc2)cc1. The van der Waals surface area contributed by atoms with Crippen LogP contribution in [0.1, 0.15) is 44.3 Å². The Morgan fingerprint density at radius 3 is 2.09 bits per heavy atom. The number of furan rings is 1. The molecule has 0 bridgehead atoms. The highest BCUT2D eigenvalue weighted by atomic mass is 32.1. The van der Waals surface area contributed by atoms with Crippen molar-refractivity contribution < 1.29 is 33.7 Å². The third-order valence-electron chi connectivity index (χ3n) is 7.14. The maximum atomic E-state index is 11.7. The summed E-state index contributed by atoms with van der Waals surface area (Å²) in [6, 6.07) is 26.8. The number of carbonyl (C=O) groups is 2. The molecule has 6 rings (SSSR count). The fourth-order valence-electron chi connectivity index (χ4n) is 5.06. The summed E-state index contributed by atoms with van der Waals surface area (Å²) < 4.78 is 17.5. The molecule has 3 aromatic carbocycles. The number of nitrogens with zero attached hydrogens (tertiary/aromatic N) is 2. The molecule has 10 nitrogen and oxygen atoms in total. The maximum Gasteiger partial charge on any atom is 0.335 e. The van der Waals surface area contributed by atoms with Gasteiger partial charge in [-0.25, -0.2) is 9.59 Å². The number of benzene rings is 3. The minimum atomic E-state index is -1.24. The van der Waals surface area contributed by atoms with Gasteiger partial charge < -0.3 is 34.3 Å². The van der Waals surface area contributed by atoms with Crippen molar-refractivity contribution in [1.82, 2.24) is 10.3 Å². The zero-order valence-electron chi connectivity index (χ0n) is 23.2. The normalized spacial score (nSPS) is 15.9. The summed E-state index contributed by atoms with van der Waals surface area (Å²) in [6.45, 7) is 0. The van der Waals surface area contributed by atoms with Crippen molar-refractivity contribution in [3.63, 3.8) is 0 Å². The van der Waals surface area contributed by atoms with Crippen molar-refractivity contribution in [3.8, 4) is 28.6 Å². The Labute approximate surface area is 257 Å². The van der Waals surface area contributed by atoms with Crippen LogP contribution in [-0.2, 0) is 0 Å². The molecule has 0 aliphatic carbocycles. The van der Waals surface area contributed by atoms with Crippen LogP contribution in [-0.4, -0.2) is 39.4 Å². The van der Waals surface area contributed by atoms with Gasteiger partial charge in [-0.2, -0.15) is 0 Å². The molecule has 2 atom stereocenters. The number of carboxylic acids is 2. The summed E-state index contributed by atoms with van der Waals surface area (Å²) >= 11 is 5.80. The number of anilines is 1. The molecule has 44 heavy (non-hydrogen) atoms. The van der Waals surface area contributed by atoms with E-state index in [4.69, 9.17) is 26.1 Å². The molecular formula is C33H25N3O7S. The molecule has 1 aliphatic heterocycles. The number of aromatic nitrogens is 1. The van der Waals surface area contributed by atoms with Gasteiger partial charge in [0, 0.05) is 17.4 Å². The molecule has 0 amide bonds. The number of methoxy groups -OCH3 is 1. The van der Waals surface area contributed by atoms with Gasteiger partial charge in [0.1, 0.15) is 34.8 Å². The molecule has 0 radical (unpaired) electrons. The summed E-state index contributed by atoms with van der Waals surface area (Å²) in [6.07, 6.45) is 1.70. The lowest BCUT2D eigenvalue weighted by Gasteiger charge is -2.26. The highest BCUT2D eigenvalue weighted by Gasteiger charge is 2.42. The Hall–Kier alpha value is -5.68. The van der Waals surface area contributed by atoms with E-state index in [9.17, 15) is 19.8 Å². The number of carboxylic acid groups (broad SMARTS) is 2. The molecule has 0 unspecified atom stereocenters. The van der Waals surface area contributed by atoms with Gasteiger partial charge in [0.15, 0.2) is 5.11 Å². The molecule has 11 heteroatoms. The van der Waals surface area contributed by atoms with E-state index in [1.54, 1.807) is 25.4 Å². The van der Waals surface area contributed by atoms with Crippen LogP contribution in [0.4, 0.5) is 5.69 Å². The number of hydrogen-bond acceptors (Lipinski definition) is 7. The first-order chi connectivity index (χ1) is 21.3. The number of hydrogen-bond donors (Lipinski definition) is 3.